The van der Waals surface area contributed by atoms with E-state index in [1.54, 1.807) is 17.9 Å². The molecule has 25 heavy (non-hydrogen) atoms. The molecule has 1 aromatic carbocycles. The predicted molar refractivity (Wildman–Crippen MR) is 88.2 cm³/mol. The fourth-order valence-electron chi connectivity index (χ4n) is 3.03. The zero-order valence-corrected chi connectivity index (χ0v) is 13.6. The van der Waals surface area contributed by atoms with E-state index in [0.717, 1.165) is 0 Å². The number of rotatable bonds is 2. The van der Waals surface area contributed by atoms with E-state index < -0.39 is 6.04 Å². The summed E-state index contributed by atoms with van der Waals surface area (Å²) < 4.78 is 11.0. The number of H-pyrrole nitrogens is 1. The van der Waals surface area contributed by atoms with E-state index in [0.29, 0.717) is 41.4 Å². The summed E-state index contributed by atoms with van der Waals surface area (Å²) in [6.07, 6.45) is 0. The first kappa shape index (κ1) is 15.5. The van der Waals surface area contributed by atoms with E-state index in [1.165, 1.54) is 6.07 Å². The van der Waals surface area contributed by atoms with Crippen molar-refractivity contribution in [2.75, 3.05) is 19.8 Å². The Morgan fingerprint density at radius 1 is 1.32 bits per heavy atom. The standard InChI is InChI=1S/C17H16N4O4/c1-10-19-20-16(25-10)14-9-24-7-6-21(14)17(23)12-8-15(22)18-13-5-3-2-4-11(12)13/h2-5,8,14H,6-7,9H2,1H3,(H,18,22)/t14-/m1/s1. The Hall–Kier alpha value is -3.00. The van der Waals surface area contributed by atoms with Gasteiger partial charge in [0.25, 0.3) is 5.91 Å². The van der Waals surface area contributed by atoms with Gasteiger partial charge in [-0.05, 0) is 6.07 Å². The van der Waals surface area contributed by atoms with Gasteiger partial charge in [0.05, 0.1) is 18.8 Å². The lowest BCUT2D eigenvalue weighted by molar-refractivity contribution is -0.0105. The number of aromatic amines is 1. The number of aromatic nitrogens is 3. The molecule has 1 aliphatic heterocycles. The van der Waals surface area contributed by atoms with Gasteiger partial charge in [0, 0.05) is 30.4 Å². The minimum Gasteiger partial charge on any atom is -0.423 e. The summed E-state index contributed by atoms with van der Waals surface area (Å²) in [5.74, 6) is 0.501. The van der Waals surface area contributed by atoms with Gasteiger partial charge in [-0.25, -0.2) is 0 Å². The molecule has 1 fully saturated rings. The van der Waals surface area contributed by atoms with Gasteiger partial charge in [-0.1, -0.05) is 18.2 Å². The van der Waals surface area contributed by atoms with E-state index in [4.69, 9.17) is 9.15 Å². The summed E-state index contributed by atoms with van der Waals surface area (Å²) in [5, 5.41) is 8.54. The van der Waals surface area contributed by atoms with E-state index in [-0.39, 0.29) is 18.1 Å². The number of fused-ring (bicyclic) bond motifs is 1. The number of nitrogens with one attached hydrogen (secondary N) is 1. The molecule has 2 aromatic heterocycles. The van der Waals surface area contributed by atoms with Crippen LogP contribution in [0.2, 0.25) is 0 Å². The number of carbonyl (C=O) groups excluding carboxylic acids is 1. The lowest BCUT2D eigenvalue weighted by atomic mass is 10.1. The molecule has 0 radical (unpaired) electrons. The van der Waals surface area contributed by atoms with Crippen molar-refractivity contribution >= 4 is 16.8 Å². The number of morpholine rings is 1. The molecule has 0 unspecified atom stereocenters. The lowest BCUT2D eigenvalue weighted by Gasteiger charge is -2.33. The first-order valence-corrected chi connectivity index (χ1v) is 7.94. The van der Waals surface area contributed by atoms with Gasteiger partial charge in [0.15, 0.2) is 0 Å². The van der Waals surface area contributed by atoms with Crippen molar-refractivity contribution in [2.45, 2.75) is 13.0 Å². The largest absolute Gasteiger partial charge is 0.423 e. The first-order valence-electron chi connectivity index (χ1n) is 7.94. The van der Waals surface area contributed by atoms with Gasteiger partial charge in [0.1, 0.15) is 6.04 Å². The molecule has 4 rings (SSSR count). The van der Waals surface area contributed by atoms with Gasteiger partial charge in [-0.2, -0.15) is 0 Å². The van der Waals surface area contributed by atoms with Crippen LogP contribution in [0.15, 0.2) is 39.5 Å². The van der Waals surface area contributed by atoms with Crippen LogP contribution in [0, 0.1) is 6.92 Å². The van der Waals surface area contributed by atoms with Crippen molar-refractivity contribution in [1.82, 2.24) is 20.1 Å². The Bertz CT molecular complexity index is 993. The Kier molecular flexibility index (Phi) is 3.81. The summed E-state index contributed by atoms with van der Waals surface area (Å²) in [6.45, 7) is 2.76. The maximum atomic E-state index is 13.2. The summed E-state index contributed by atoms with van der Waals surface area (Å²) in [5.41, 5.74) is 0.653. The van der Waals surface area contributed by atoms with Crippen molar-refractivity contribution in [3.63, 3.8) is 0 Å². The van der Waals surface area contributed by atoms with Gasteiger partial charge >= 0.3 is 0 Å². The minimum absolute atomic E-state index is 0.258. The smallest absolute Gasteiger partial charge is 0.255 e. The molecular formula is C17H16N4O4. The third-order valence-corrected chi connectivity index (χ3v) is 4.20. The van der Waals surface area contributed by atoms with E-state index in [1.807, 2.05) is 18.2 Å². The Labute approximate surface area is 142 Å². The first-order chi connectivity index (χ1) is 12.1. The Balaban J connectivity index is 1.78. The number of para-hydroxylation sites is 1. The fraction of sp³-hybridized carbons (Fsp3) is 0.294. The average Bonchev–Trinajstić information content (AvgIpc) is 3.06. The fourth-order valence-corrected chi connectivity index (χ4v) is 3.03. The van der Waals surface area contributed by atoms with Crippen LogP contribution in [0.3, 0.4) is 0 Å². The van der Waals surface area contributed by atoms with Crippen molar-refractivity contribution in [1.29, 1.82) is 0 Å². The van der Waals surface area contributed by atoms with Crippen LogP contribution in [-0.2, 0) is 4.74 Å². The maximum Gasteiger partial charge on any atom is 0.255 e. The van der Waals surface area contributed by atoms with Crippen LogP contribution in [0.4, 0.5) is 0 Å². The normalized spacial score (nSPS) is 17.8. The topological polar surface area (TPSA) is 101 Å². The van der Waals surface area contributed by atoms with E-state index in [2.05, 4.69) is 15.2 Å². The summed E-state index contributed by atoms with van der Waals surface area (Å²) in [6, 6.07) is 8.08. The second-order valence-corrected chi connectivity index (χ2v) is 5.84. The average molecular weight is 340 g/mol. The monoisotopic (exact) mass is 340 g/mol. The lowest BCUT2D eigenvalue weighted by Crippen LogP contribution is -2.43. The van der Waals surface area contributed by atoms with Gasteiger partial charge in [-0.3, -0.25) is 9.59 Å². The molecule has 1 aliphatic rings. The summed E-state index contributed by atoms with van der Waals surface area (Å²) >= 11 is 0. The molecule has 1 saturated heterocycles. The highest BCUT2D eigenvalue weighted by atomic mass is 16.5. The zero-order chi connectivity index (χ0) is 17.4. The number of carbonyl (C=O) groups is 1. The minimum atomic E-state index is -0.472. The van der Waals surface area contributed by atoms with Gasteiger partial charge < -0.3 is 19.0 Å². The molecule has 8 nitrogen and oxygen atoms in total. The predicted octanol–water partition coefficient (Wildman–Crippen LogP) is 1.43. The summed E-state index contributed by atoms with van der Waals surface area (Å²) in [7, 11) is 0. The Morgan fingerprint density at radius 2 is 2.16 bits per heavy atom. The zero-order valence-electron chi connectivity index (χ0n) is 13.6. The number of nitrogens with zero attached hydrogens (tertiary/aromatic N) is 3. The molecule has 0 spiro atoms. The van der Waals surface area contributed by atoms with E-state index >= 15 is 0 Å². The summed E-state index contributed by atoms with van der Waals surface area (Å²) in [4.78, 5) is 29.5. The molecule has 1 amide bonds. The molecule has 3 aromatic rings. The molecule has 8 heteroatoms. The molecular weight excluding hydrogens is 324 g/mol. The molecule has 1 atom stereocenters. The number of hydrogen-bond donors (Lipinski definition) is 1. The van der Waals surface area contributed by atoms with Crippen molar-refractivity contribution in [2.24, 2.45) is 0 Å². The number of ether oxygens (including phenoxy) is 1. The van der Waals surface area contributed by atoms with E-state index in [9.17, 15) is 9.59 Å². The molecule has 0 bridgehead atoms. The van der Waals surface area contributed by atoms with Crippen LogP contribution in [-0.4, -0.2) is 45.7 Å². The Morgan fingerprint density at radius 3 is 2.96 bits per heavy atom. The number of hydrogen-bond acceptors (Lipinski definition) is 6. The second-order valence-electron chi connectivity index (χ2n) is 5.84. The molecule has 1 N–H and O–H groups in total. The quantitative estimate of drug-likeness (QED) is 0.757. The number of aryl methyl sites for hydroxylation is 1. The van der Waals surface area contributed by atoms with Gasteiger partial charge in [-0.15, -0.1) is 10.2 Å². The van der Waals surface area contributed by atoms with Crippen LogP contribution in [0.1, 0.15) is 28.2 Å². The number of amides is 1. The van der Waals surface area contributed by atoms with Crippen molar-refractivity contribution in [3.05, 3.63) is 58.0 Å². The number of pyridine rings is 1. The highest BCUT2D eigenvalue weighted by molar-refractivity contribution is 6.06. The maximum absolute atomic E-state index is 13.2. The SMILES string of the molecule is Cc1nnc([C@H]2COCCN2C(=O)c2cc(=O)[nH]c3ccccc23)o1. The second kappa shape index (κ2) is 6.14. The van der Waals surface area contributed by atoms with Crippen LogP contribution in [0.5, 0.6) is 0 Å². The van der Waals surface area contributed by atoms with Crippen LogP contribution >= 0.6 is 0 Å². The van der Waals surface area contributed by atoms with Crippen LogP contribution in [0.25, 0.3) is 10.9 Å². The molecule has 0 saturated carbocycles. The number of benzene rings is 1. The molecule has 128 valence electrons. The third kappa shape index (κ3) is 2.80. The van der Waals surface area contributed by atoms with Crippen molar-refractivity contribution < 1.29 is 13.9 Å². The highest BCUT2D eigenvalue weighted by Crippen LogP contribution is 2.26. The molecule has 0 aliphatic carbocycles. The van der Waals surface area contributed by atoms with Gasteiger partial charge in [0.2, 0.25) is 17.3 Å². The highest BCUT2D eigenvalue weighted by Gasteiger charge is 2.33. The van der Waals surface area contributed by atoms with Crippen LogP contribution < -0.4 is 5.56 Å². The third-order valence-electron chi connectivity index (χ3n) is 4.20. The molecule has 3 heterocycles. The van der Waals surface area contributed by atoms with Crippen molar-refractivity contribution in [3.8, 4) is 0 Å².